The molecular formula is C24H23F4N5. The fourth-order valence-corrected chi connectivity index (χ4v) is 5.07. The number of fused-ring (bicyclic) bond motifs is 1. The first kappa shape index (κ1) is 21.8. The van der Waals surface area contributed by atoms with Gasteiger partial charge in [0, 0.05) is 37.4 Å². The molecule has 2 aromatic heterocycles. The van der Waals surface area contributed by atoms with Crippen molar-refractivity contribution in [3.63, 3.8) is 0 Å². The average molecular weight is 457 g/mol. The molecule has 2 aliphatic rings. The Morgan fingerprint density at radius 3 is 2.36 bits per heavy atom. The van der Waals surface area contributed by atoms with E-state index in [9.17, 15) is 17.6 Å². The van der Waals surface area contributed by atoms with Crippen molar-refractivity contribution < 1.29 is 17.6 Å². The van der Waals surface area contributed by atoms with Crippen LogP contribution in [0.25, 0.3) is 11.3 Å². The molecule has 3 atom stereocenters. The second kappa shape index (κ2) is 8.70. The molecular weight excluding hydrogens is 434 g/mol. The number of aromatic nitrogens is 3. The Morgan fingerprint density at radius 2 is 1.70 bits per heavy atom. The fraction of sp³-hybridized carbons (Fsp3) is 0.375. The molecule has 0 radical (unpaired) electrons. The largest absolute Gasteiger partial charge is 0.420 e. The summed E-state index contributed by atoms with van der Waals surface area (Å²) in [6, 6.07) is 12.2. The van der Waals surface area contributed by atoms with Gasteiger partial charge in [0.1, 0.15) is 11.4 Å². The number of pyridine rings is 1. The van der Waals surface area contributed by atoms with E-state index < -0.39 is 17.6 Å². The number of nitrogens with zero attached hydrogens (tertiary/aromatic N) is 4. The molecule has 5 rings (SSSR count). The molecule has 9 heteroatoms. The molecule has 1 aromatic carbocycles. The van der Waals surface area contributed by atoms with Crippen molar-refractivity contribution in [2.24, 2.45) is 11.8 Å². The lowest BCUT2D eigenvalue weighted by molar-refractivity contribution is -0.137. The van der Waals surface area contributed by atoms with Gasteiger partial charge in [0.05, 0.1) is 11.4 Å². The number of alkyl halides is 3. The number of rotatable bonds is 5. The summed E-state index contributed by atoms with van der Waals surface area (Å²) in [7, 11) is 0. The second-order valence-electron chi connectivity index (χ2n) is 8.82. The number of benzene rings is 1. The van der Waals surface area contributed by atoms with Gasteiger partial charge < -0.3 is 5.32 Å². The van der Waals surface area contributed by atoms with Gasteiger partial charge in [0.15, 0.2) is 5.82 Å². The van der Waals surface area contributed by atoms with Crippen molar-refractivity contribution in [1.82, 2.24) is 20.1 Å². The van der Waals surface area contributed by atoms with Gasteiger partial charge in [-0.05, 0) is 55.0 Å². The van der Waals surface area contributed by atoms with Crippen LogP contribution < -0.4 is 5.32 Å². The van der Waals surface area contributed by atoms with Gasteiger partial charge in [0.25, 0.3) is 0 Å². The molecule has 0 amide bonds. The number of halogens is 4. The minimum Gasteiger partial charge on any atom is -0.365 e. The monoisotopic (exact) mass is 457 g/mol. The van der Waals surface area contributed by atoms with Crippen LogP contribution in [-0.4, -0.2) is 39.2 Å². The predicted molar refractivity (Wildman–Crippen MR) is 116 cm³/mol. The van der Waals surface area contributed by atoms with Gasteiger partial charge >= 0.3 is 6.18 Å². The van der Waals surface area contributed by atoms with Gasteiger partial charge in [-0.25, -0.2) is 4.39 Å². The quantitative estimate of drug-likeness (QED) is 0.546. The summed E-state index contributed by atoms with van der Waals surface area (Å²) in [5.74, 6) is -0.0881. The third kappa shape index (κ3) is 4.68. The minimum atomic E-state index is -4.63. The first-order chi connectivity index (χ1) is 15.9. The highest BCUT2D eigenvalue weighted by Gasteiger charge is 2.42. The lowest BCUT2D eigenvalue weighted by Crippen LogP contribution is -2.26. The highest BCUT2D eigenvalue weighted by Crippen LogP contribution is 2.41. The second-order valence-corrected chi connectivity index (χ2v) is 8.82. The molecule has 5 nitrogen and oxygen atoms in total. The van der Waals surface area contributed by atoms with Crippen LogP contribution in [-0.2, 0) is 12.7 Å². The van der Waals surface area contributed by atoms with Crippen molar-refractivity contribution in [2.75, 3.05) is 18.4 Å². The maximum atomic E-state index is 14.1. The first-order valence-corrected chi connectivity index (χ1v) is 11.0. The van der Waals surface area contributed by atoms with Crippen LogP contribution >= 0.6 is 0 Å². The van der Waals surface area contributed by atoms with Crippen molar-refractivity contribution in [1.29, 1.82) is 0 Å². The molecule has 172 valence electrons. The van der Waals surface area contributed by atoms with Gasteiger partial charge in [-0.3, -0.25) is 9.88 Å². The Hall–Kier alpha value is -3.07. The van der Waals surface area contributed by atoms with Crippen LogP contribution in [0.15, 0.2) is 54.7 Å². The SMILES string of the molecule is Fc1ccccc1-c1cc(C(F)(F)F)c(NC2C[C@@H]3CN(Cc4ccccn4)C[C@@H]3C2)nn1. The summed E-state index contributed by atoms with van der Waals surface area (Å²) >= 11 is 0. The third-order valence-corrected chi connectivity index (χ3v) is 6.53. The third-order valence-electron chi connectivity index (χ3n) is 6.53. The summed E-state index contributed by atoms with van der Waals surface area (Å²) in [6.45, 7) is 2.60. The van der Waals surface area contributed by atoms with Gasteiger partial charge in [-0.15, -0.1) is 10.2 Å². The van der Waals surface area contributed by atoms with E-state index in [4.69, 9.17) is 0 Å². The maximum absolute atomic E-state index is 14.1. The Morgan fingerprint density at radius 1 is 0.970 bits per heavy atom. The molecule has 1 N–H and O–H groups in total. The molecule has 1 unspecified atom stereocenters. The van der Waals surface area contributed by atoms with Crippen LogP contribution in [0.5, 0.6) is 0 Å². The van der Waals surface area contributed by atoms with Crippen molar-refractivity contribution in [2.45, 2.75) is 31.6 Å². The number of anilines is 1. The van der Waals surface area contributed by atoms with Gasteiger partial charge in [0.2, 0.25) is 0 Å². The van der Waals surface area contributed by atoms with Crippen LogP contribution in [0.4, 0.5) is 23.4 Å². The van der Waals surface area contributed by atoms with Crippen molar-refractivity contribution in [3.05, 3.63) is 71.8 Å². The Balaban J connectivity index is 1.28. The summed E-state index contributed by atoms with van der Waals surface area (Å²) in [4.78, 5) is 6.73. The summed E-state index contributed by atoms with van der Waals surface area (Å²) in [6.07, 6.45) is -1.30. The zero-order valence-electron chi connectivity index (χ0n) is 17.8. The standard InChI is InChI=1S/C24H23F4N5/c25-21-7-2-1-6-19(21)22-11-20(24(26,27)28)23(32-31-22)30-18-9-15-12-33(13-16(15)10-18)14-17-5-3-4-8-29-17/h1-8,11,15-16,18H,9-10,12-14H2,(H,30,32)/t15-,16+,18?. The summed E-state index contributed by atoms with van der Waals surface area (Å²) < 4.78 is 55.4. The lowest BCUT2D eigenvalue weighted by atomic mass is 10.0. The molecule has 0 bridgehead atoms. The molecule has 3 aromatic rings. The Kier molecular flexibility index (Phi) is 5.74. The van der Waals surface area contributed by atoms with Crippen molar-refractivity contribution in [3.8, 4) is 11.3 Å². The van der Waals surface area contributed by atoms with Crippen LogP contribution in [0.2, 0.25) is 0 Å². The van der Waals surface area contributed by atoms with Crippen LogP contribution in [0.1, 0.15) is 24.1 Å². The van der Waals surface area contributed by atoms with E-state index in [-0.39, 0.29) is 23.1 Å². The molecule has 2 fully saturated rings. The zero-order chi connectivity index (χ0) is 23.0. The molecule has 0 spiro atoms. The van der Waals surface area contributed by atoms with Gasteiger partial charge in [-0.2, -0.15) is 13.2 Å². The van der Waals surface area contributed by atoms with E-state index in [0.717, 1.165) is 44.2 Å². The maximum Gasteiger partial charge on any atom is 0.420 e. The molecule has 1 saturated heterocycles. The van der Waals surface area contributed by atoms with E-state index >= 15 is 0 Å². The first-order valence-electron chi connectivity index (χ1n) is 11.0. The normalized spacial score (nSPS) is 23.0. The topological polar surface area (TPSA) is 53.9 Å². The molecule has 1 saturated carbocycles. The molecule has 1 aliphatic heterocycles. The van der Waals surface area contributed by atoms with Gasteiger partial charge in [-0.1, -0.05) is 18.2 Å². The van der Waals surface area contributed by atoms with E-state index in [1.807, 2.05) is 18.2 Å². The number of hydrogen-bond acceptors (Lipinski definition) is 5. The van der Waals surface area contributed by atoms with E-state index in [2.05, 4.69) is 25.4 Å². The lowest BCUT2D eigenvalue weighted by Gasteiger charge is -2.21. The average Bonchev–Trinajstić information content (AvgIpc) is 3.32. The number of nitrogens with one attached hydrogen (secondary N) is 1. The molecule has 33 heavy (non-hydrogen) atoms. The van der Waals surface area contributed by atoms with E-state index in [1.54, 1.807) is 12.3 Å². The van der Waals surface area contributed by atoms with E-state index in [1.165, 1.54) is 18.2 Å². The number of likely N-dealkylation sites (tertiary alicyclic amines) is 1. The number of hydrogen-bond donors (Lipinski definition) is 1. The van der Waals surface area contributed by atoms with E-state index in [0.29, 0.717) is 11.8 Å². The van der Waals surface area contributed by atoms with Crippen LogP contribution in [0, 0.1) is 17.7 Å². The van der Waals surface area contributed by atoms with Crippen LogP contribution in [0.3, 0.4) is 0 Å². The smallest absolute Gasteiger partial charge is 0.365 e. The zero-order valence-corrected chi connectivity index (χ0v) is 17.8. The van der Waals surface area contributed by atoms with Crippen molar-refractivity contribution >= 4 is 5.82 Å². The summed E-state index contributed by atoms with van der Waals surface area (Å²) in [5, 5.41) is 10.7. The Labute approximate surface area is 188 Å². The minimum absolute atomic E-state index is 0.00885. The molecule has 3 heterocycles. The fourth-order valence-electron chi connectivity index (χ4n) is 5.07. The highest BCUT2D eigenvalue weighted by atomic mass is 19.4. The predicted octanol–water partition coefficient (Wildman–Crippen LogP) is 5.02. The summed E-state index contributed by atoms with van der Waals surface area (Å²) in [5.41, 5.74) is -0.0540. The molecule has 1 aliphatic carbocycles. The highest BCUT2D eigenvalue weighted by molar-refractivity contribution is 5.63. The Bertz CT molecular complexity index is 1110.